The van der Waals surface area contributed by atoms with Gasteiger partial charge >= 0.3 is 0 Å². The summed E-state index contributed by atoms with van der Waals surface area (Å²) in [4.78, 5) is 20.2. The Hall–Kier alpha value is -2.93. The zero-order valence-electron chi connectivity index (χ0n) is 18.2. The third-order valence-corrected chi connectivity index (χ3v) is 7.46. The van der Waals surface area contributed by atoms with Crippen LogP contribution in [-0.2, 0) is 32.9 Å². The van der Waals surface area contributed by atoms with Gasteiger partial charge in [-0.1, -0.05) is 30.3 Å². The average molecular weight is 434 g/mol. The number of thiophene rings is 1. The Morgan fingerprint density at radius 2 is 1.90 bits per heavy atom. The molecule has 0 saturated carbocycles. The molecule has 1 aliphatic carbocycles. The van der Waals surface area contributed by atoms with Crippen molar-refractivity contribution in [3.63, 3.8) is 0 Å². The van der Waals surface area contributed by atoms with E-state index in [4.69, 9.17) is 10.1 Å². The highest BCUT2D eigenvalue weighted by molar-refractivity contribution is 7.18. The van der Waals surface area contributed by atoms with Gasteiger partial charge in [0.1, 0.15) is 4.83 Å². The predicted molar refractivity (Wildman–Crippen MR) is 127 cm³/mol. The van der Waals surface area contributed by atoms with Crippen molar-refractivity contribution in [2.45, 2.75) is 52.5 Å². The van der Waals surface area contributed by atoms with Gasteiger partial charge in [0.15, 0.2) is 0 Å². The lowest BCUT2D eigenvalue weighted by atomic mass is 9.97. The Balaban J connectivity index is 1.46. The van der Waals surface area contributed by atoms with E-state index in [1.807, 2.05) is 17.7 Å². The van der Waals surface area contributed by atoms with E-state index in [1.54, 1.807) is 23.0 Å². The van der Waals surface area contributed by atoms with Crippen LogP contribution in [0.5, 0.6) is 0 Å². The van der Waals surface area contributed by atoms with Crippen LogP contribution < -0.4 is 10.9 Å². The number of hydrogen-bond donors (Lipinski definition) is 1. The Morgan fingerprint density at radius 1 is 1.13 bits per heavy atom. The summed E-state index contributed by atoms with van der Waals surface area (Å²) in [6.45, 7) is 4.87. The van der Waals surface area contributed by atoms with Crippen LogP contribution in [0.4, 0.5) is 11.6 Å². The first-order chi connectivity index (χ1) is 15.0. The molecule has 0 aliphatic heterocycles. The van der Waals surface area contributed by atoms with Crippen molar-refractivity contribution in [1.29, 1.82) is 0 Å². The molecule has 31 heavy (non-hydrogen) atoms. The van der Waals surface area contributed by atoms with Crippen molar-refractivity contribution >= 4 is 33.2 Å². The van der Waals surface area contributed by atoms with Crippen LogP contribution in [0.15, 0.2) is 35.1 Å². The Morgan fingerprint density at radius 3 is 2.71 bits per heavy atom. The topological polar surface area (TPSA) is 64.7 Å². The number of rotatable bonds is 5. The van der Waals surface area contributed by atoms with Crippen LogP contribution in [0.25, 0.3) is 10.2 Å². The molecule has 3 aromatic heterocycles. The van der Waals surface area contributed by atoms with E-state index in [2.05, 4.69) is 36.5 Å². The van der Waals surface area contributed by atoms with Crippen molar-refractivity contribution in [2.75, 3.05) is 5.32 Å². The van der Waals surface area contributed by atoms with Crippen molar-refractivity contribution < 1.29 is 0 Å². The Kier molecular flexibility index (Phi) is 5.14. The number of fused-ring (bicyclic) bond motifs is 3. The van der Waals surface area contributed by atoms with E-state index < -0.39 is 0 Å². The normalized spacial score (nSPS) is 13.5. The molecule has 4 aromatic rings. The molecular weight excluding hydrogens is 406 g/mol. The van der Waals surface area contributed by atoms with Crippen molar-refractivity contribution in [3.8, 4) is 0 Å². The van der Waals surface area contributed by atoms with Crippen LogP contribution in [0.1, 0.15) is 40.2 Å². The van der Waals surface area contributed by atoms with Gasteiger partial charge in [-0.05, 0) is 57.1 Å². The van der Waals surface area contributed by atoms with Crippen LogP contribution in [0.3, 0.4) is 0 Å². The van der Waals surface area contributed by atoms with E-state index in [9.17, 15) is 4.79 Å². The van der Waals surface area contributed by atoms with Crippen LogP contribution in [0, 0.1) is 13.8 Å². The Bertz CT molecular complexity index is 1320. The van der Waals surface area contributed by atoms with Gasteiger partial charge in [-0.25, -0.2) is 4.98 Å². The average Bonchev–Trinajstić information content (AvgIpc) is 3.28. The fourth-order valence-corrected chi connectivity index (χ4v) is 5.74. The fourth-order valence-electron chi connectivity index (χ4n) is 4.48. The quantitative estimate of drug-likeness (QED) is 0.497. The van der Waals surface area contributed by atoms with Crippen LogP contribution >= 0.6 is 11.3 Å². The first-order valence-corrected chi connectivity index (χ1v) is 11.7. The second kappa shape index (κ2) is 7.96. The molecule has 5 rings (SSSR count). The minimum absolute atomic E-state index is 0.0404. The van der Waals surface area contributed by atoms with Crippen LogP contribution in [0.2, 0.25) is 0 Å². The summed E-state index contributed by atoms with van der Waals surface area (Å²) < 4.78 is 3.68. The molecule has 0 saturated heterocycles. The summed E-state index contributed by atoms with van der Waals surface area (Å²) in [5.74, 6) is 0.574. The second-order valence-corrected chi connectivity index (χ2v) is 9.40. The molecule has 3 heterocycles. The SMILES string of the molecule is Cc1nn(CCc2ccccc2)c(C)c1Nc1nc2sc3c(c2c(=O)n1C)CCCC3. The monoisotopic (exact) mass is 433 g/mol. The molecule has 0 radical (unpaired) electrons. The first kappa shape index (κ1) is 20.0. The maximum atomic E-state index is 13.2. The van der Waals surface area contributed by atoms with Crippen molar-refractivity contribution in [1.82, 2.24) is 19.3 Å². The molecule has 1 aromatic carbocycles. The number of hydrogen-bond acceptors (Lipinski definition) is 5. The minimum Gasteiger partial charge on any atom is -0.322 e. The lowest BCUT2D eigenvalue weighted by Crippen LogP contribution is -2.22. The summed E-state index contributed by atoms with van der Waals surface area (Å²) in [5.41, 5.74) is 5.45. The van der Waals surface area contributed by atoms with Gasteiger partial charge in [0.05, 0.1) is 22.5 Å². The highest BCUT2D eigenvalue weighted by Gasteiger charge is 2.22. The molecule has 160 valence electrons. The van der Waals surface area contributed by atoms with Gasteiger partial charge in [0.2, 0.25) is 5.95 Å². The number of nitrogens with one attached hydrogen (secondary N) is 1. The minimum atomic E-state index is 0.0404. The van der Waals surface area contributed by atoms with E-state index in [0.717, 1.165) is 59.5 Å². The molecule has 6 nitrogen and oxygen atoms in total. The molecule has 0 fully saturated rings. The molecule has 0 bridgehead atoms. The number of benzene rings is 1. The number of anilines is 2. The van der Waals surface area contributed by atoms with E-state index in [1.165, 1.54) is 22.4 Å². The summed E-state index contributed by atoms with van der Waals surface area (Å²) in [7, 11) is 1.80. The van der Waals surface area contributed by atoms with Crippen molar-refractivity contribution in [2.24, 2.45) is 7.05 Å². The molecule has 0 unspecified atom stereocenters. The maximum absolute atomic E-state index is 13.2. The summed E-state index contributed by atoms with van der Waals surface area (Å²) in [6.07, 6.45) is 5.33. The van der Waals surface area contributed by atoms with Gasteiger partial charge in [0, 0.05) is 18.5 Å². The van der Waals surface area contributed by atoms with E-state index >= 15 is 0 Å². The number of aromatic nitrogens is 4. The predicted octanol–water partition coefficient (Wildman–Crippen LogP) is 4.67. The third-order valence-electron chi connectivity index (χ3n) is 6.27. The molecule has 0 atom stereocenters. The highest BCUT2D eigenvalue weighted by Crippen LogP contribution is 2.34. The summed E-state index contributed by atoms with van der Waals surface area (Å²) in [6, 6.07) is 10.4. The lowest BCUT2D eigenvalue weighted by Gasteiger charge is -2.12. The molecular formula is C24H27N5OS. The summed E-state index contributed by atoms with van der Waals surface area (Å²) >= 11 is 1.68. The number of aryl methyl sites for hydroxylation is 5. The van der Waals surface area contributed by atoms with Gasteiger partial charge in [-0.3, -0.25) is 14.0 Å². The standard InChI is InChI=1S/C24H27N5OS/c1-15-21(16(2)29(27-15)14-13-17-9-5-4-6-10-17)25-24-26-22-20(23(30)28(24)3)18-11-7-8-12-19(18)31-22/h4-6,9-10H,7-8,11-14H2,1-3H3,(H,25,26). The Labute approximate surface area is 185 Å². The van der Waals surface area contributed by atoms with Crippen molar-refractivity contribution in [3.05, 3.63) is 68.1 Å². The lowest BCUT2D eigenvalue weighted by molar-refractivity contribution is 0.594. The fraction of sp³-hybridized carbons (Fsp3) is 0.375. The molecule has 1 N–H and O–H groups in total. The maximum Gasteiger partial charge on any atom is 0.263 e. The molecule has 0 amide bonds. The van der Waals surface area contributed by atoms with E-state index in [0.29, 0.717) is 5.95 Å². The first-order valence-electron chi connectivity index (χ1n) is 10.9. The van der Waals surface area contributed by atoms with Gasteiger partial charge < -0.3 is 5.32 Å². The van der Waals surface area contributed by atoms with Gasteiger partial charge in [-0.2, -0.15) is 5.10 Å². The molecule has 0 spiro atoms. The molecule has 7 heteroatoms. The van der Waals surface area contributed by atoms with Gasteiger partial charge in [-0.15, -0.1) is 11.3 Å². The largest absolute Gasteiger partial charge is 0.322 e. The summed E-state index contributed by atoms with van der Waals surface area (Å²) in [5, 5.41) is 8.97. The smallest absolute Gasteiger partial charge is 0.263 e. The zero-order valence-corrected chi connectivity index (χ0v) is 19.1. The zero-order chi connectivity index (χ0) is 21.5. The van der Waals surface area contributed by atoms with Gasteiger partial charge in [0.25, 0.3) is 5.56 Å². The number of nitrogens with zero attached hydrogens (tertiary/aromatic N) is 4. The van der Waals surface area contributed by atoms with E-state index in [-0.39, 0.29) is 5.56 Å². The highest BCUT2D eigenvalue weighted by atomic mass is 32.1. The van der Waals surface area contributed by atoms with Crippen LogP contribution in [-0.4, -0.2) is 19.3 Å². The third kappa shape index (κ3) is 3.57. The molecule has 1 aliphatic rings. The second-order valence-electron chi connectivity index (χ2n) is 8.32.